The van der Waals surface area contributed by atoms with Gasteiger partial charge >= 0.3 is 6.18 Å². The largest absolute Gasteiger partial charge is 0.416 e. The molecule has 0 saturated heterocycles. The van der Waals surface area contributed by atoms with Crippen molar-refractivity contribution in [2.45, 2.75) is 74.9 Å². The predicted octanol–water partition coefficient (Wildman–Crippen LogP) is 2.72. The zero-order chi connectivity index (χ0) is 21.8. The number of nitrogens with zero attached hydrogens (tertiary/aromatic N) is 1. The van der Waals surface area contributed by atoms with Crippen LogP contribution in [0, 0.1) is 5.41 Å². The van der Waals surface area contributed by atoms with Crippen molar-refractivity contribution in [3.8, 4) is 0 Å². The van der Waals surface area contributed by atoms with E-state index in [4.69, 9.17) is 4.84 Å². The summed E-state index contributed by atoms with van der Waals surface area (Å²) in [5.74, 6) is -0.537. The molecule has 0 bridgehead atoms. The molecule has 3 fully saturated rings. The van der Waals surface area contributed by atoms with Gasteiger partial charge in [-0.15, -0.1) is 0 Å². The smallest absolute Gasteiger partial charge is 0.393 e. The second-order valence-electron chi connectivity index (χ2n) is 9.25. The molecule has 1 aliphatic heterocycles. The lowest BCUT2D eigenvalue weighted by Gasteiger charge is -2.27. The molecule has 3 unspecified atom stereocenters. The van der Waals surface area contributed by atoms with E-state index >= 15 is 0 Å². The van der Waals surface area contributed by atoms with Crippen LogP contribution in [0.1, 0.15) is 55.6 Å². The summed E-state index contributed by atoms with van der Waals surface area (Å²) in [4.78, 5) is 18.7. The van der Waals surface area contributed by atoms with E-state index in [1.807, 2.05) is 0 Å². The third-order valence-corrected chi connectivity index (χ3v) is 7.01. The molecule has 3 saturated carbocycles. The number of aliphatic hydroxyl groups is 1. The number of halogens is 3. The molecule has 0 spiro atoms. The highest BCUT2D eigenvalue weighted by atomic mass is 19.4. The number of alkyl halides is 3. The number of aliphatic hydroxyl groups excluding tert-OH is 1. The van der Waals surface area contributed by atoms with Gasteiger partial charge in [0.1, 0.15) is 6.10 Å². The standard InChI is InChI=1S/C22H26F3N3O3/c23-22(24,25)13-6-4-12(5-7-13)17-19-21(17,11-26-14-8-9-14)18(28-31-19)20(30)27-15-2-1-3-16(29)10-15/h4-7,14-17,19,26,29H,1-3,8-11H2,(H,27,30)/t15-,16+,17?,19?,21?/m1/s1. The van der Waals surface area contributed by atoms with Crippen LogP contribution in [0.4, 0.5) is 13.2 Å². The average molecular weight is 437 g/mol. The molecule has 1 aromatic rings. The maximum atomic E-state index is 13.1. The Bertz CT molecular complexity index is 884. The zero-order valence-electron chi connectivity index (χ0n) is 17.0. The first-order chi connectivity index (χ1) is 14.8. The molecule has 5 atom stereocenters. The molecule has 6 nitrogen and oxygen atoms in total. The van der Waals surface area contributed by atoms with Crippen LogP contribution >= 0.6 is 0 Å². The molecular weight excluding hydrogens is 411 g/mol. The Morgan fingerprint density at radius 1 is 1.16 bits per heavy atom. The molecule has 0 radical (unpaired) electrons. The Kier molecular flexibility index (Phi) is 5.01. The highest BCUT2D eigenvalue weighted by Gasteiger charge is 2.75. The third kappa shape index (κ3) is 3.82. The van der Waals surface area contributed by atoms with Gasteiger partial charge in [-0.3, -0.25) is 4.79 Å². The van der Waals surface area contributed by atoms with Gasteiger partial charge in [0.25, 0.3) is 5.91 Å². The number of carbonyl (C=O) groups excluding carboxylic acids is 1. The summed E-state index contributed by atoms with van der Waals surface area (Å²) in [7, 11) is 0. The van der Waals surface area contributed by atoms with E-state index in [1.165, 1.54) is 12.1 Å². The number of rotatable bonds is 6. The topological polar surface area (TPSA) is 83.0 Å². The van der Waals surface area contributed by atoms with Crippen molar-refractivity contribution in [2.75, 3.05) is 6.54 Å². The summed E-state index contributed by atoms with van der Waals surface area (Å²) < 4.78 is 38.9. The molecule has 168 valence electrons. The quantitative estimate of drug-likeness (QED) is 0.639. The van der Waals surface area contributed by atoms with Crippen molar-refractivity contribution in [1.29, 1.82) is 0 Å². The van der Waals surface area contributed by atoms with E-state index in [1.54, 1.807) is 0 Å². The van der Waals surface area contributed by atoms with E-state index in [9.17, 15) is 23.1 Å². The van der Waals surface area contributed by atoms with Crippen molar-refractivity contribution in [1.82, 2.24) is 10.6 Å². The summed E-state index contributed by atoms with van der Waals surface area (Å²) >= 11 is 0. The SMILES string of the molecule is O=C(N[C@@H]1CCC[C@H](O)C1)C1=NOC2C(c3ccc(C(F)(F)F)cc3)C12CNC1CC1. The van der Waals surface area contributed by atoms with Gasteiger partial charge in [0, 0.05) is 24.5 Å². The van der Waals surface area contributed by atoms with E-state index in [0.717, 1.165) is 44.2 Å². The minimum Gasteiger partial charge on any atom is -0.393 e. The maximum absolute atomic E-state index is 13.1. The number of carbonyl (C=O) groups is 1. The highest BCUT2D eigenvalue weighted by Crippen LogP contribution is 2.65. The summed E-state index contributed by atoms with van der Waals surface area (Å²) in [6.45, 7) is 0.494. The molecule has 31 heavy (non-hydrogen) atoms. The first-order valence-corrected chi connectivity index (χ1v) is 10.9. The highest BCUT2D eigenvalue weighted by molar-refractivity contribution is 6.42. The van der Waals surface area contributed by atoms with E-state index in [-0.39, 0.29) is 24.0 Å². The number of hydrogen-bond donors (Lipinski definition) is 3. The van der Waals surface area contributed by atoms with Gasteiger partial charge in [-0.1, -0.05) is 17.3 Å². The van der Waals surface area contributed by atoms with Gasteiger partial charge in [0.05, 0.1) is 17.1 Å². The van der Waals surface area contributed by atoms with Gasteiger partial charge in [0.15, 0.2) is 5.71 Å². The third-order valence-electron chi connectivity index (χ3n) is 7.01. The summed E-state index contributed by atoms with van der Waals surface area (Å²) in [6, 6.07) is 5.39. The number of fused-ring (bicyclic) bond motifs is 1. The average Bonchev–Trinajstić information content (AvgIpc) is 3.62. The van der Waals surface area contributed by atoms with Crippen molar-refractivity contribution >= 4 is 11.6 Å². The lowest BCUT2D eigenvalue weighted by atomic mass is 9.90. The fraction of sp³-hybridized carbons (Fsp3) is 0.636. The number of benzene rings is 1. The number of nitrogens with one attached hydrogen (secondary N) is 2. The van der Waals surface area contributed by atoms with E-state index < -0.39 is 23.3 Å². The maximum Gasteiger partial charge on any atom is 0.416 e. The molecule has 1 aromatic carbocycles. The number of hydrogen-bond acceptors (Lipinski definition) is 5. The Hall–Kier alpha value is -2.13. The molecule has 1 amide bonds. The molecule has 9 heteroatoms. The van der Waals surface area contributed by atoms with Crippen molar-refractivity contribution in [3.05, 3.63) is 35.4 Å². The zero-order valence-corrected chi connectivity index (χ0v) is 17.0. The van der Waals surface area contributed by atoms with Crippen molar-refractivity contribution < 1.29 is 27.9 Å². The van der Waals surface area contributed by atoms with Crippen LogP contribution in [0.5, 0.6) is 0 Å². The lowest BCUT2D eigenvalue weighted by Crippen LogP contribution is -2.47. The van der Waals surface area contributed by atoms with Crippen LogP contribution in [0.25, 0.3) is 0 Å². The second kappa shape index (κ2) is 7.48. The lowest BCUT2D eigenvalue weighted by molar-refractivity contribution is -0.137. The van der Waals surface area contributed by atoms with Crippen LogP contribution in [-0.2, 0) is 15.8 Å². The molecule has 3 aliphatic carbocycles. The van der Waals surface area contributed by atoms with Gasteiger partial charge < -0.3 is 20.6 Å². The van der Waals surface area contributed by atoms with E-state index in [0.29, 0.717) is 30.3 Å². The summed E-state index contributed by atoms with van der Waals surface area (Å²) in [5.41, 5.74) is -0.366. The Morgan fingerprint density at radius 2 is 1.90 bits per heavy atom. The minimum atomic E-state index is -4.39. The monoisotopic (exact) mass is 437 g/mol. The van der Waals surface area contributed by atoms with Gasteiger partial charge in [0.2, 0.25) is 0 Å². The second-order valence-corrected chi connectivity index (χ2v) is 9.25. The fourth-order valence-electron chi connectivity index (χ4n) is 5.08. The van der Waals surface area contributed by atoms with Gasteiger partial charge in [-0.25, -0.2) is 0 Å². The first kappa shape index (κ1) is 20.8. The van der Waals surface area contributed by atoms with Crippen LogP contribution in [0.15, 0.2) is 29.4 Å². The summed E-state index contributed by atoms with van der Waals surface area (Å²) in [6.07, 6.45) is -0.125. The molecule has 4 aliphatic rings. The first-order valence-electron chi connectivity index (χ1n) is 10.9. The van der Waals surface area contributed by atoms with E-state index in [2.05, 4.69) is 15.8 Å². The van der Waals surface area contributed by atoms with Crippen LogP contribution in [-0.4, -0.2) is 47.6 Å². The normalized spacial score (nSPS) is 34.5. The Balaban J connectivity index is 1.36. The molecule has 1 heterocycles. The van der Waals surface area contributed by atoms with Gasteiger partial charge in [-0.2, -0.15) is 13.2 Å². The van der Waals surface area contributed by atoms with Crippen molar-refractivity contribution in [3.63, 3.8) is 0 Å². The summed E-state index contributed by atoms with van der Waals surface area (Å²) in [5, 5.41) is 20.4. The molecule has 5 rings (SSSR count). The van der Waals surface area contributed by atoms with Crippen LogP contribution in [0.2, 0.25) is 0 Å². The van der Waals surface area contributed by atoms with Crippen molar-refractivity contribution in [2.24, 2.45) is 10.6 Å². The van der Waals surface area contributed by atoms with Crippen LogP contribution in [0.3, 0.4) is 0 Å². The van der Waals surface area contributed by atoms with Gasteiger partial charge in [-0.05, 0) is 56.2 Å². The predicted molar refractivity (Wildman–Crippen MR) is 106 cm³/mol. The minimum absolute atomic E-state index is 0.116. The Labute approximate surface area is 178 Å². The van der Waals surface area contributed by atoms with Crippen LogP contribution < -0.4 is 10.6 Å². The molecular formula is C22H26F3N3O3. The fourth-order valence-corrected chi connectivity index (χ4v) is 5.08. The molecule has 0 aromatic heterocycles. The Morgan fingerprint density at radius 3 is 2.55 bits per heavy atom. The number of oxime groups is 1. The molecule has 3 N–H and O–H groups in total. The number of amides is 1.